The van der Waals surface area contributed by atoms with Crippen LogP contribution in [0.1, 0.15) is 67.9 Å². The molecule has 1 heterocycles. The molecule has 0 saturated heterocycles. The minimum Gasteiger partial charge on any atom is -0.490 e. The fourth-order valence-electron chi connectivity index (χ4n) is 4.56. The lowest BCUT2D eigenvalue weighted by Crippen LogP contribution is -2.28. The summed E-state index contributed by atoms with van der Waals surface area (Å²) in [6.07, 6.45) is -1.25. The zero-order valence-corrected chi connectivity index (χ0v) is 20.5. The van der Waals surface area contributed by atoms with Crippen LogP contribution in [0.5, 0.6) is 11.5 Å². The molecule has 6 heteroatoms. The first-order chi connectivity index (χ1) is 16.1. The molecule has 1 aliphatic rings. The van der Waals surface area contributed by atoms with Crippen LogP contribution in [0.15, 0.2) is 42.5 Å². The second kappa shape index (κ2) is 9.11. The summed E-state index contributed by atoms with van der Waals surface area (Å²) in [4.78, 5) is 26.8. The normalized spacial score (nSPS) is 15.4. The number of nitrogens with zero attached hydrogens (tertiary/aromatic N) is 1. The van der Waals surface area contributed by atoms with Gasteiger partial charge in [0.05, 0.1) is 23.3 Å². The average molecular weight is 462 g/mol. The number of ketones is 1. The minimum atomic E-state index is -1.24. The number of benzene rings is 3. The standard InChI is InChI=1S/C28H31NO5/c1-15(2)33-25-20-9-7-8-10-21(20)26(34-16(3)4)24-23(25)27(31)29(28(24)32)22-12-11-19(13-17(22)5)14-18(6)30/h7-13,15-16,27,31H,14H2,1-6H3. The van der Waals surface area contributed by atoms with Crippen molar-refractivity contribution in [2.75, 3.05) is 4.90 Å². The first-order valence-corrected chi connectivity index (χ1v) is 11.6. The molecule has 1 N–H and O–H groups in total. The van der Waals surface area contributed by atoms with Crippen molar-refractivity contribution in [2.45, 2.75) is 66.4 Å². The molecule has 0 aromatic heterocycles. The molecular formula is C28H31NO5. The fraction of sp³-hybridized carbons (Fsp3) is 0.357. The highest BCUT2D eigenvalue weighted by molar-refractivity contribution is 6.17. The molecule has 0 saturated carbocycles. The topological polar surface area (TPSA) is 76.1 Å². The molecular weight excluding hydrogens is 430 g/mol. The maximum absolute atomic E-state index is 13.9. The van der Waals surface area contributed by atoms with Crippen LogP contribution in [0.25, 0.3) is 10.8 Å². The molecule has 1 aliphatic heterocycles. The maximum atomic E-state index is 13.9. The summed E-state index contributed by atoms with van der Waals surface area (Å²) in [5, 5.41) is 13.1. The molecule has 1 unspecified atom stereocenters. The van der Waals surface area contributed by atoms with Gasteiger partial charge in [-0.05, 0) is 58.7 Å². The van der Waals surface area contributed by atoms with Gasteiger partial charge in [0, 0.05) is 22.9 Å². The Balaban J connectivity index is 1.95. The quantitative estimate of drug-likeness (QED) is 0.502. The zero-order valence-electron chi connectivity index (χ0n) is 20.5. The summed E-state index contributed by atoms with van der Waals surface area (Å²) in [7, 11) is 0. The molecule has 0 aliphatic carbocycles. The van der Waals surface area contributed by atoms with Gasteiger partial charge in [-0.1, -0.05) is 36.4 Å². The predicted molar refractivity (Wildman–Crippen MR) is 133 cm³/mol. The lowest BCUT2D eigenvalue weighted by atomic mass is 9.98. The van der Waals surface area contributed by atoms with Crippen LogP contribution in [0.3, 0.4) is 0 Å². The number of aryl methyl sites for hydroxylation is 1. The third-order valence-corrected chi connectivity index (χ3v) is 5.77. The number of ether oxygens (including phenoxy) is 2. The molecule has 0 fully saturated rings. The molecule has 1 atom stereocenters. The van der Waals surface area contributed by atoms with E-state index in [1.807, 2.05) is 71.0 Å². The molecule has 6 nitrogen and oxygen atoms in total. The molecule has 0 bridgehead atoms. The SMILES string of the molecule is CC(=O)Cc1ccc(N2C(=O)c3c(c(OC(C)C)c4ccccc4c3OC(C)C)C2O)c(C)c1. The molecule has 178 valence electrons. The highest BCUT2D eigenvalue weighted by Gasteiger charge is 2.44. The van der Waals surface area contributed by atoms with E-state index in [9.17, 15) is 14.7 Å². The average Bonchev–Trinajstić information content (AvgIpc) is 3.00. The van der Waals surface area contributed by atoms with Crippen molar-refractivity contribution in [2.24, 2.45) is 0 Å². The van der Waals surface area contributed by atoms with Crippen LogP contribution >= 0.6 is 0 Å². The van der Waals surface area contributed by atoms with Crippen LogP contribution in [-0.2, 0) is 11.2 Å². The van der Waals surface area contributed by atoms with Crippen LogP contribution in [-0.4, -0.2) is 29.0 Å². The summed E-state index contributed by atoms with van der Waals surface area (Å²) in [5.41, 5.74) is 2.98. The van der Waals surface area contributed by atoms with Gasteiger partial charge in [-0.3, -0.25) is 14.5 Å². The Labute approximate surface area is 200 Å². The number of carbonyl (C=O) groups excluding carboxylic acids is 2. The van der Waals surface area contributed by atoms with Crippen molar-refractivity contribution < 1.29 is 24.2 Å². The molecule has 1 amide bonds. The second-order valence-electron chi connectivity index (χ2n) is 9.37. The lowest BCUT2D eigenvalue weighted by molar-refractivity contribution is -0.116. The van der Waals surface area contributed by atoms with Crippen LogP contribution < -0.4 is 14.4 Å². The molecule has 0 radical (unpaired) electrons. The van der Waals surface area contributed by atoms with E-state index in [0.29, 0.717) is 34.7 Å². The van der Waals surface area contributed by atoms with Crippen molar-refractivity contribution in [1.29, 1.82) is 0 Å². The van der Waals surface area contributed by atoms with Gasteiger partial charge < -0.3 is 14.6 Å². The third-order valence-electron chi connectivity index (χ3n) is 5.77. The summed E-state index contributed by atoms with van der Waals surface area (Å²) < 4.78 is 12.4. The third kappa shape index (κ3) is 4.14. The lowest BCUT2D eigenvalue weighted by Gasteiger charge is -2.24. The molecule has 4 rings (SSSR count). The van der Waals surface area contributed by atoms with Gasteiger partial charge in [-0.2, -0.15) is 0 Å². The Bertz CT molecular complexity index is 1280. The van der Waals surface area contributed by atoms with Gasteiger partial charge >= 0.3 is 0 Å². The Hall–Kier alpha value is -3.38. The maximum Gasteiger partial charge on any atom is 0.265 e. The smallest absolute Gasteiger partial charge is 0.265 e. The highest BCUT2D eigenvalue weighted by atomic mass is 16.5. The summed E-state index contributed by atoms with van der Waals surface area (Å²) in [5.74, 6) is 0.662. The summed E-state index contributed by atoms with van der Waals surface area (Å²) >= 11 is 0. The number of fused-ring (bicyclic) bond motifs is 2. The second-order valence-corrected chi connectivity index (χ2v) is 9.37. The Morgan fingerprint density at radius 3 is 2.15 bits per heavy atom. The largest absolute Gasteiger partial charge is 0.490 e. The number of aliphatic hydroxyl groups is 1. The monoisotopic (exact) mass is 461 g/mol. The summed E-state index contributed by atoms with van der Waals surface area (Å²) in [6.45, 7) is 11.1. The van der Waals surface area contributed by atoms with Gasteiger partial charge in [0.15, 0.2) is 6.23 Å². The molecule has 3 aromatic rings. The number of hydrogen-bond donors (Lipinski definition) is 1. The number of anilines is 1. The van der Waals surface area contributed by atoms with E-state index in [2.05, 4.69) is 0 Å². The van der Waals surface area contributed by atoms with E-state index in [1.165, 1.54) is 4.90 Å². The number of Topliss-reactive ketones (excluding diaryl/α,β-unsaturated/α-hetero) is 1. The number of amides is 1. The van der Waals surface area contributed by atoms with E-state index in [4.69, 9.17) is 9.47 Å². The van der Waals surface area contributed by atoms with E-state index < -0.39 is 6.23 Å². The van der Waals surface area contributed by atoms with Crippen molar-refractivity contribution in [3.8, 4) is 11.5 Å². The Morgan fingerprint density at radius 2 is 1.59 bits per heavy atom. The van der Waals surface area contributed by atoms with E-state index >= 15 is 0 Å². The molecule has 3 aromatic carbocycles. The number of rotatable bonds is 7. The zero-order chi connectivity index (χ0) is 24.7. The van der Waals surface area contributed by atoms with E-state index in [1.54, 1.807) is 13.0 Å². The van der Waals surface area contributed by atoms with Crippen molar-refractivity contribution in [3.63, 3.8) is 0 Å². The van der Waals surface area contributed by atoms with Crippen molar-refractivity contribution in [1.82, 2.24) is 0 Å². The number of carbonyl (C=O) groups is 2. The molecule has 34 heavy (non-hydrogen) atoms. The van der Waals surface area contributed by atoms with E-state index in [-0.39, 0.29) is 23.9 Å². The van der Waals surface area contributed by atoms with Gasteiger partial charge in [-0.25, -0.2) is 0 Å². The Kier molecular flexibility index (Phi) is 6.36. The van der Waals surface area contributed by atoms with Crippen LogP contribution in [0.4, 0.5) is 5.69 Å². The first kappa shape index (κ1) is 23.8. The van der Waals surface area contributed by atoms with Crippen molar-refractivity contribution in [3.05, 3.63) is 64.7 Å². The van der Waals surface area contributed by atoms with E-state index in [0.717, 1.165) is 21.9 Å². The fourth-order valence-corrected chi connectivity index (χ4v) is 4.56. The highest BCUT2D eigenvalue weighted by Crippen LogP contribution is 2.50. The van der Waals surface area contributed by atoms with Gasteiger partial charge in [-0.15, -0.1) is 0 Å². The van der Waals surface area contributed by atoms with Crippen LogP contribution in [0, 0.1) is 6.92 Å². The Morgan fingerprint density at radius 1 is 1.00 bits per heavy atom. The molecule has 0 spiro atoms. The minimum absolute atomic E-state index is 0.0643. The summed E-state index contributed by atoms with van der Waals surface area (Å²) in [6, 6.07) is 13.1. The first-order valence-electron chi connectivity index (χ1n) is 11.6. The van der Waals surface area contributed by atoms with Gasteiger partial charge in [0.1, 0.15) is 17.3 Å². The number of aliphatic hydroxyl groups excluding tert-OH is 1. The number of hydrogen-bond acceptors (Lipinski definition) is 5. The van der Waals surface area contributed by atoms with Gasteiger partial charge in [0.2, 0.25) is 0 Å². The van der Waals surface area contributed by atoms with Crippen molar-refractivity contribution >= 4 is 28.2 Å². The van der Waals surface area contributed by atoms with Gasteiger partial charge in [0.25, 0.3) is 5.91 Å². The van der Waals surface area contributed by atoms with Crippen LogP contribution in [0.2, 0.25) is 0 Å². The predicted octanol–water partition coefficient (Wildman–Crippen LogP) is 5.51.